The van der Waals surface area contributed by atoms with Crippen LogP contribution in [0.15, 0.2) is 4.99 Å². The van der Waals surface area contributed by atoms with Crippen LogP contribution in [-0.2, 0) is 4.74 Å². The summed E-state index contributed by atoms with van der Waals surface area (Å²) >= 11 is 0. The number of rotatable bonds is 8. The lowest BCUT2D eigenvalue weighted by atomic mass is 9.90. The van der Waals surface area contributed by atoms with Gasteiger partial charge in [-0.1, -0.05) is 27.2 Å². The van der Waals surface area contributed by atoms with Crippen molar-refractivity contribution in [3.8, 4) is 0 Å². The highest BCUT2D eigenvalue weighted by Gasteiger charge is 2.08. The van der Waals surface area contributed by atoms with E-state index in [-0.39, 0.29) is 24.0 Å². The van der Waals surface area contributed by atoms with E-state index in [1.165, 1.54) is 19.3 Å². The third-order valence-corrected chi connectivity index (χ3v) is 2.69. The Labute approximate surface area is 136 Å². The molecular weight excluding hydrogens is 353 g/mol. The molecule has 0 heterocycles. The highest BCUT2D eigenvalue weighted by Crippen LogP contribution is 2.20. The largest absolute Gasteiger partial charge is 0.385 e. The number of ether oxygens (including phenoxy) is 1. The minimum Gasteiger partial charge on any atom is -0.385 e. The van der Waals surface area contributed by atoms with Gasteiger partial charge in [0.1, 0.15) is 0 Å². The lowest BCUT2D eigenvalue weighted by Crippen LogP contribution is -2.38. The van der Waals surface area contributed by atoms with Gasteiger partial charge < -0.3 is 15.4 Å². The Balaban J connectivity index is 0. The average molecular weight is 385 g/mol. The van der Waals surface area contributed by atoms with Gasteiger partial charge in [-0.3, -0.25) is 4.99 Å². The van der Waals surface area contributed by atoms with Crippen LogP contribution in [0.5, 0.6) is 0 Å². The lowest BCUT2D eigenvalue weighted by molar-refractivity contribution is 0.195. The van der Waals surface area contributed by atoms with E-state index in [0.717, 1.165) is 32.1 Å². The molecule has 5 heteroatoms. The van der Waals surface area contributed by atoms with Crippen molar-refractivity contribution >= 4 is 29.9 Å². The van der Waals surface area contributed by atoms with E-state index in [1.807, 2.05) is 0 Å². The maximum Gasteiger partial charge on any atom is 0.190 e. The molecule has 0 atom stereocenters. The number of hydrogen-bond acceptors (Lipinski definition) is 2. The minimum absolute atomic E-state index is 0. The number of aliphatic imine (C=N–C) groups is 1. The third-order valence-electron chi connectivity index (χ3n) is 2.69. The number of guanidine groups is 1. The summed E-state index contributed by atoms with van der Waals surface area (Å²) in [6.45, 7) is 9.54. The van der Waals surface area contributed by atoms with Crippen LogP contribution in [0, 0.1) is 5.41 Å². The van der Waals surface area contributed by atoms with Gasteiger partial charge in [-0.2, -0.15) is 0 Å². The molecule has 0 rings (SSSR count). The second-order valence-corrected chi connectivity index (χ2v) is 5.79. The minimum atomic E-state index is 0. The first kappa shape index (κ1) is 21.3. The van der Waals surface area contributed by atoms with Gasteiger partial charge in [-0.15, -0.1) is 24.0 Å². The van der Waals surface area contributed by atoms with Crippen molar-refractivity contribution in [2.45, 2.75) is 46.5 Å². The van der Waals surface area contributed by atoms with Crippen molar-refractivity contribution in [2.75, 3.05) is 33.9 Å². The predicted molar refractivity (Wildman–Crippen MR) is 94.6 cm³/mol. The van der Waals surface area contributed by atoms with Crippen LogP contribution in [0.2, 0.25) is 0 Å². The molecule has 0 aliphatic heterocycles. The number of nitrogens with one attached hydrogen (secondary N) is 2. The molecule has 19 heavy (non-hydrogen) atoms. The molecule has 0 unspecified atom stereocenters. The Bertz CT molecular complexity index is 227. The number of nitrogens with zero attached hydrogens (tertiary/aromatic N) is 1. The molecule has 0 aromatic rings. The summed E-state index contributed by atoms with van der Waals surface area (Å²) in [6.07, 6.45) is 4.73. The van der Waals surface area contributed by atoms with E-state index in [2.05, 4.69) is 36.4 Å². The van der Waals surface area contributed by atoms with Gasteiger partial charge >= 0.3 is 0 Å². The van der Waals surface area contributed by atoms with E-state index in [9.17, 15) is 0 Å². The summed E-state index contributed by atoms with van der Waals surface area (Å²) in [5.74, 6) is 0.891. The molecule has 0 amide bonds. The maximum atomic E-state index is 5.00. The summed E-state index contributed by atoms with van der Waals surface area (Å²) in [5.41, 5.74) is 0.445. The van der Waals surface area contributed by atoms with Gasteiger partial charge in [0.15, 0.2) is 5.96 Å². The van der Waals surface area contributed by atoms with E-state index < -0.39 is 0 Å². The number of hydrogen-bond donors (Lipinski definition) is 2. The summed E-state index contributed by atoms with van der Waals surface area (Å²) in [6, 6.07) is 0. The van der Waals surface area contributed by atoms with Gasteiger partial charge in [0, 0.05) is 33.9 Å². The van der Waals surface area contributed by atoms with Crippen LogP contribution in [-0.4, -0.2) is 39.8 Å². The van der Waals surface area contributed by atoms with Crippen LogP contribution < -0.4 is 10.6 Å². The zero-order chi connectivity index (χ0) is 13.9. The third kappa shape index (κ3) is 15.9. The highest BCUT2D eigenvalue weighted by molar-refractivity contribution is 14.0. The van der Waals surface area contributed by atoms with Crippen molar-refractivity contribution in [3.63, 3.8) is 0 Å². The normalized spacial score (nSPS) is 11.9. The molecule has 0 radical (unpaired) electrons. The summed E-state index contributed by atoms with van der Waals surface area (Å²) in [7, 11) is 3.53. The van der Waals surface area contributed by atoms with Crippen molar-refractivity contribution < 1.29 is 4.74 Å². The van der Waals surface area contributed by atoms with Crippen molar-refractivity contribution in [3.05, 3.63) is 0 Å². The van der Waals surface area contributed by atoms with E-state index >= 15 is 0 Å². The lowest BCUT2D eigenvalue weighted by Gasteiger charge is -2.18. The second kappa shape index (κ2) is 13.0. The molecule has 0 spiro atoms. The molecule has 0 bridgehead atoms. The summed E-state index contributed by atoms with van der Waals surface area (Å²) < 4.78 is 5.00. The molecule has 0 saturated heterocycles. The van der Waals surface area contributed by atoms with Gasteiger partial charge in [-0.05, 0) is 24.7 Å². The van der Waals surface area contributed by atoms with Crippen LogP contribution in [0.1, 0.15) is 46.5 Å². The smallest absolute Gasteiger partial charge is 0.190 e. The highest BCUT2D eigenvalue weighted by atomic mass is 127. The standard InChI is InChI=1S/C14H31N3O.HI/c1-14(2,3)9-6-7-10-16-13(15-4)17-11-8-12-18-5;/h6-12H2,1-5H3,(H2,15,16,17);1H. The first-order valence-corrected chi connectivity index (χ1v) is 6.93. The van der Waals surface area contributed by atoms with Crippen LogP contribution in [0.25, 0.3) is 0 Å². The Hall–Kier alpha value is -0.0400. The van der Waals surface area contributed by atoms with Gasteiger partial charge in [0.05, 0.1) is 0 Å². The van der Waals surface area contributed by atoms with Gasteiger partial charge in [0.25, 0.3) is 0 Å². The fourth-order valence-corrected chi connectivity index (χ4v) is 1.63. The van der Waals surface area contributed by atoms with Crippen LogP contribution in [0.4, 0.5) is 0 Å². The Kier molecular flexibility index (Phi) is 14.5. The number of unbranched alkanes of at least 4 members (excludes halogenated alkanes) is 1. The van der Waals surface area contributed by atoms with Crippen LogP contribution >= 0.6 is 24.0 Å². The molecule has 0 fully saturated rings. The molecule has 0 aromatic carbocycles. The molecule has 2 N–H and O–H groups in total. The summed E-state index contributed by atoms with van der Waals surface area (Å²) in [4.78, 5) is 4.19. The molecule has 0 aliphatic carbocycles. The molecule has 0 saturated carbocycles. The summed E-state index contributed by atoms with van der Waals surface area (Å²) in [5, 5.41) is 6.60. The van der Waals surface area contributed by atoms with Gasteiger partial charge in [-0.25, -0.2) is 0 Å². The Morgan fingerprint density at radius 1 is 1.05 bits per heavy atom. The predicted octanol–water partition coefficient (Wildman–Crippen LogP) is 3.02. The first-order valence-electron chi connectivity index (χ1n) is 6.93. The fourth-order valence-electron chi connectivity index (χ4n) is 1.63. The first-order chi connectivity index (χ1) is 8.49. The quantitative estimate of drug-likeness (QED) is 0.292. The molecule has 0 aromatic heterocycles. The van der Waals surface area contributed by atoms with E-state index in [1.54, 1.807) is 14.2 Å². The van der Waals surface area contributed by atoms with Crippen molar-refractivity contribution in [1.29, 1.82) is 0 Å². The number of halogens is 1. The fraction of sp³-hybridized carbons (Fsp3) is 0.929. The maximum absolute atomic E-state index is 5.00. The Morgan fingerprint density at radius 2 is 1.63 bits per heavy atom. The van der Waals surface area contributed by atoms with Crippen LogP contribution in [0.3, 0.4) is 0 Å². The van der Waals surface area contributed by atoms with Crippen molar-refractivity contribution in [2.24, 2.45) is 10.4 Å². The SMILES string of the molecule is CN=C(NCCCCC(C)(C)C)NCCCOC.I. The zero-order valence-electron chi connectivity index (χ0n) is 13.2. The molecule has 4 nitrogen and oxygen atoms in total. The average Bonchev–Trinajstić information content (AvgIpc) is 2.30. The topological polar surface area (TPSA) is 45.7 Å². The van der Waals surface area contributed by atoms with E-state index in [4.69, 9.17) is 4.74 Å². The van der Waals surface area contributed by atoms with E-state index in [0.29, 0.717) is 5.41 Å². The second-order valence-electron chi connectivity index (χ2n) is 5.79. The molecule has 116 valence electrons. The van der Waals surface area contributed by atoms with Crippen molar-refractivity contribution in [1.82, 2.24) is 10.6 Å². The Morgan fingerprint density at radius 3 is 2.11 bits per heavy atom. The zero-order valence-corrected chi connectivity index (χ0v) is 15.5. The molecular formula is C14H32IN3O. The molecule has 0 aliphatic rings. The van der Waals surface area contributed by atoms with Gasteiger partial charge in [0.2, 0.25) is 0 Å². The monoisotopic (exact) mass is 385 g/mol. The number of methoxy groups -OCH3 is 1.